The molecule has 19 heavy (non-hydrogen) atoms. The molecule has 0 saturated heterocycles. The summed E-state index contributed by atoms with van der Waals surface area (Å²) in [4.78, 5) is 33.6. The Balaban J connectivity index is 2.58. The second-order valence-electron chi connectivity index (χ2n) is 3.63. The number of aromatic nitrogens is 1. The van der Waals surface area contributed by atoms with Gasteiger partial charge in [0.1, 0.15) is 10.6 Å². The van der Waals surface area contributed by atoms with Crippen molar-refractivity contribution in [3.05, 3.63) is 11.3 Å². The van der Waals surface area contributed by atoms with Crippen molar-refractivity contribution in [1.82, 2.24) is 4.37 Å². The third-order valence-corrected chi connectivity index (χ3v) is 3.04. The number of carbonyl (C=O) groups is 3. The molecule has 0 bridgehead atoms. The predicted octanol–water partition coefficient (Wildman–Crippen LogP) is 1.43. The van der Waals surface area contributed by atoms with Crippen molar-refractivity contribution in [1.29, 1.82) is 0 Å². The number of ether oxygens (including phenoxy) is 1. The molecule has 0 aromatic carbocycles. The largest absolute Gasteiger partial charge is 0.478 e. The van der Waals surface area contributed by atoms with Crippen LogP contribution >= 0.6 is 11.5 Å². The van der Waals surface area contributed by atoms with Crippen LogP contribution in [0.5, 0.6) is 0 Å². The topological polar surface area (TPSA) is 106 Å². The summed E-state index contributed by atoms with van der Waals surface area (Å²) in [7, 11) is 0. The van der Waals surface area contributed by atoms with Gasteiger partial charge in [-0.1, -0.05) is 0 Å². The first-order chi connectivity index (χ1) is 8.95. The molecule has 0 spiro atoms. The van der Waals surface area contributed by atoms with E-state index in [0.717, 1.165) is 11.5 Å². The molecule has 0 radical (unpaired) electrons. The van der Waals surface area contributed by atoms with Crippen molar-refractivity contribution in [2.45, 2.75) is 26.7 Å². The van der Waals surface area contributed by atoms with Crippen LogP contribution in [0.3, 0.4) is 0 Å². The highest BCUT2D eigenvalue weighted by Gasteiger charge is 2.19. The van der Waals surface area contributed by atoms with E-state index in [1.165, 1.54) is 0 Å². The Bertz CT molecular complexity index is 497. The SMILES string of the molecule is CCOC(=O)CCC(=O)Nc1snc(C)c1C(=O)O. The van der Waals surface area contributed by atoms with E-state index in [-0.39, 0.29) is 30.0 Å². The van der Waals surface area contributed by atoms with Gasteiger partial charge < -0.3 is 15.2 Å². The van der Waals surface area contributed by atoms with Crippen molar-refractivity contribution in [3.8, 4) is 0 Å². The zero-order chi connectivity index (χ0) is 14.4. The van der Waals surface area contributed by atoms with Gasteiger partial charge in [0.15, 0.2) is 0 Å². The van der Waals surface area contributed by atoms with E-state index in [9.17, 15) is 14.4 Å². The quantitative estimate of drug-likeness (QED) is 0.766. The monoisotopic (exact) mass is 286 g/mol. The third kappa shape index (κ3) is 4.32. The van der Waals surface area contributed by atoms with Crippen molar-refractivity contribution in [2.24, 2.45) is 0 Å². The molecule has 1 heterocycles. The molecular formula is C11H14N2O5S. The zero-order valence-corrected chi connectivity index (χ0v) is 11.4. The number of nitrogens with one attached hydrogen (secondary N) is 1. The van der Waals surface area contributed by atoms with Crippen LogP contribution in [-0.4, -0.2) is 33.9 Å². The lowest BCUT2D eigenvalue weighted by molar-refractivity contribution is -0.144. The molecule has 0 saturated carbocycles. The fourth-order valence-electron chi connectivity index (χ4n) is 1.34. The second-order valence-corrected chi connectivity index (χ2v) is 4.40. The molecule has 1 rings (SSSR count). The predicted molar refractivity (Wildman–Crippen MR) is 68.3 cm³/mol. The average molecular weight is 286 g/mol. The third-order valence-electron chi connectivity index (χ3n) is 2.19. The van der Waals surface area contributed by atoms with Gasteiger partial charge >= 0.3 is 11.9 Å². The minimum atomic E-state index is -1.15. The number of esters is 1. The van der Waals surface area contributed by atoms with E-state index in [2.05, 4.69) is 14.4 Å². The molecule has 0 aliphatic rings. The summed E-state index contributed by atoms with van der Waals surface area (Å²) < 4.78 is 8.56. The van der Waals surface area contributed by atoms with Crippen LogP contribution < -0.4 is 5.32 Å². The van der Waals surface area contributed by atoms with E-state index in [1.54, 1.807) is 13.8 Å². The Hall–Kier alpha value is -1.96. The van der Waals surface area contributed by atoms with Crippen molar-refractivity contribution in [3.63, 3.8) is 0 Å². The average Bonchev–Trinajstić information content (AvgIpc) is 2.68. The summed E-state index contributed by atoms with van der Waals surface area (Å²) in [6, 6.07) is 0. The molecule has 2 N–H and O–H groups in total. The number of anilines is 1. The lowest BCUT2D eigenvalue weighted by Gasteiger charge is -2.04. The van der Waals surface area contributed by atoms with Crippen LogP contribution in [0.4, 0.5) is 5.00 Å². The number of hydrogen-bond acceptors (Lipinski definition) is 6. The molecule has 0 aliphatic heterocycles. The Morgan fingerprint density at radius 2 is 2.05 bits per heavy atom. The zero-order valence-electron chi connectivity index (χ0n) is 10.6. The minimum absolute atomic E-state index is 0.0190. The summed E-state index contributed by atoms with van der Waals surface area (Å²) in [5.41, 5.74) is 0.327. The number of carboxylic acids is 1. The molecular weight excluding hydrogens is 272 g/mol. The van der Waals surface area contributed by atoms with Gasteiger partial charge in [-0.25, -0.2) is 4.79 Å². The summed E-state index contributed by atoms with van der Waals surface area (Å²) in [6.07, 6.45) is -0.102. The molecule has 0 unspecified atom stereocenters. The fraction of sp³-hybridized carbons (Fsp3) is 0.455. The van der Waals surface area contributed by atoms with E-state index in [4.69, 9.17) is 5.11 Å². The Morgan fingerprint density at radius 3 is 2.63 bits per heavy atom. The van der Waals surface area contributed by atoms with E-state index in [1.807, 2.05) is 0 Å². The van der Waals surface area contributed by atoms with Gasteiger partial charge in [0.2, 0.25) is 5.91 Å². The second kappa shape index (κ2) is 6.83. The first-order valence-corrected chi connectivity index (χ1v) is 6.38. The van der Waals surface area contributed by atoms with Crippen LogP contribution in [-0.2, 0) is 14.3 Å². The highest BCUT2D eigenvalue weighted by molar-refractivity contribution is 7.11. The Morgan fingerprint density at radius 1 is 1.37 bits per heavy atom. The summed E-state index contributed by atoms with van der Waals surface area (Å²) in [5, 5.41) is 11.6. The number of aromatic carboxylic acids is 1. The van der Waals surface area contributed by atoms with Crippen molar-refractivity contribution >= 4 is 34.4 Å². The molecule has 1 amide bonds. The number of hydrogen-bond donors (Lipinski definition) is 2. The lowest BCUT2D eigenvalue weighted by Crippen LogP contribution is -2.15. The van der Waals surface area contributed by atoms with Gasteiger partial charge in [-0.15, -0.1) is 0 Å². The maximum Gasteiger partial charge on any atom is 0.340 e. The first-order valence-electron chi connectivity index (χ1n) is 5.60. The van der Waals surface area contributed by atoms with Crippen LogP contribution in [0.1, 0.15) is 35.8 Å². The van der Waals surface area contributed by atoms with Crippen LogP contribution in [0.15, 0.2) is 0 Å². The number of aryl methyl sites for hydroxylation is 1. The molecule has 7 nitrogen and oxygen atoms in total. The van der Waals surface area contributed by atoms with Crippen molar-refractivity contribution in [2.75, 3.05) is 11.9 Å². The number of nitrogens with zero attached hydrogens (tertiary/aromatic N) is 1. The smallest absolute Gasteiger partial charge is 0.340 e. The number of rotatable bonds is 6. The molecule has 8 heteroatoms. The molecule has 0 atom stereocenters. The maximum atomic E-state index is 11.6. The van der Waals surface area contributed by atoms with E-state index in [0.29, 0.717) is 5.69 Å². The maximum absolute atomic E-state index is 11.6. The van der Waals surface area contributed by atoms with Gasteiger partial charge in [0, 0.05) is 6.42 Å². The Kier molecular flexibility index (Phi) is 5.43. The van der Waals surface area contributed by atoms with E-state index < -0.39 is 17.8 Å². The molecule has 0 fully saturated rings. The van der Waals surface area contributed by atoms with E-state index >= 15 is 0 Å². The standard InChI is InChI=1S/C11H14N2O5S/c1-3-18-8(15)5-4-7(14)12-10-9(11(16)17)6(2)13-19-10/h3-5H2,1-2H3,(H,12,14)(H,16,17). The fourth-order valence-corrected chi connectivity index (χ4v) is 2.15. The van der Waals surface area contributed by atoms with Crippen molar-refractivity contribution < 1.29 is 24.2 Å². The molecule has 0 aliphatic carbocycles. The number of carboxylic acid groups (broad SMARTS) is 1. The molecule has 104 valence electrons. The Labute approximate surface area is 113 Å². The van der Waals surface area contributed by atoms with Gasteiger partial charge in [0.05, 0.1) is 18.7 Å². The molecule has 1 aromatic heterocycles. The van der Waals surface area contributed by atoms with Crippen LogP contribution in [0.25, 0.3) is 0 Å². The number of amides is 1. The van der Waals surface area contributed by atoms with Crippen LogP contribution in [0, 0.1) is 6.92 Å². The number of carbonyl (C=O) groups excluding carboxylic acids is 2. The summed E-state index contributed by atoms with van der Waals surface area (Å²) in [6.45, 7) is 3.49. The summed E-state index contributed by atoms with van der Waals surface area (Å²) in [5.74, 6) is -2.05. The van der Waals surface area contributed by atoms with Crippen LogP contribution in [0.2, 0.25) is 0 Å². The molecule has 1 aromatic rings. The minimum Gasteiger partial charge on any atom is -0.478 e. The van der Waals surface area contributed by atoms with Gasteiger partial charge in [-0.05, 0) is 25.4 Å². The van der Waals surface area contributed by atoms with Gasteiger partial charge in [-0.2, -0.15) is 4.37 Å². The lowest BCUT2D eigenvalue weighted by atomic mass is 10.2. The normalized spacial score (nSPS) is 10.0. The van der Waals surface area contributed by atoms with Gasteiger partial charge in [0.25, 0.3) is 0 Å². The van der Waals surface area contributed by atoms with Gasteiger partial charge in [-0.3, -0.25) is 9.59 Å². The highest BCUT2D eigenvalue weighted by Crippen LogP contribution is 2.24. The first kappa shape index (κ1) is 15.1. The summed E-state index contributed by atoms with van der Waals surface area (Å²) >= 11 is 0.898. The highest BCUT2D eigenvalue weighted by atomic mass is 32.1.